The highest BCUT2D eigenvalue weighted by Crippen LogP contribution is 2.22. The van der Waals surface area contributed by atoms with Crippen LogP contribution in [0.4, 0.5) is 5.69 Å². The van der Waals surface area contributed by atoms with Crippen LogP contribution in [0.5, 0.6) is 5.75 Å². The Balaban J connectivity index is 2.12. The van der Waals surface area contributed by atoms with Gasteiger partial charge < -0.3 is 10.1 Å². The topological polar surface area (TPSA) is 84.5 Å². The Morgan fingerprint density at radius 2 is 1.56 bits per heavy atom. The first kappa shape index (κ1) is 20.9. The Morgan fingerprint density at radius 3 is 2.04 bits per heavy atom. The molecule has 0 saturated carbocycles. The molecule has 1 amide bonds. The summed E-state index contributed by atoms with van der Waals surface area (Å²) < 4.78 is 31.1. The van der Waals surface area contributed by atoms with Crippen molar-refractivity contribution in [2.45, 2.75) is 32.2 Å². The fourth-order valence-corrected chi connectivity index (χ4v) is 3.41. The van der Waals surface area contributed by atoms with Gasteiger partial charge in [0.2, 0.25) is 15.9 Å². The summed E-state index contributed by atoms with van der Waals surface area (Å²) in [5.74, 6) is 0.795. The Labute approximate surface area is 161 Å². The molecular weight excluding hydrogens is 364 g/mol. The van der Waals surface area contributed by atoms with Crippen molar-refractivity contribution < 1.29 is 17.9 Å². The number of rotatable bonds is 8. The second-order valence-electron chi connectivity index (χ2n) is 6.74. The van der Waals surface area contributed by atoms with Crippen molar-refractivity contribution in [2.24, 2.45) is 0 Å². The molecule has 0 heterocycles. The Hall–Kier alpha value is -2.38. The summed E-state index contributed by atoms with van der Waals surface area (Å²) in [6, 6.07) is 13.9. The van der Waals surface area contributed by atoms with E-state index in [1.54, 1.807) is 31.4 Å². The lowest BCUT2D eigenvalue weighted by atomic mass is 10.0. The maximum atomic E-state index is 12.5. The largest absolute Gasteiger partial charge is 0.497 e. The van der Waals surface area contributed by atoms with Gasteiger partial charge in [0.25, 0.3) is 0 Å². The normalized spacial score (nSPS) is 12.6. The van der Waals surface area contributed by atoms with E-state index in [1.807, 2.05) is 24.3 Å². The van der Waals surface area contributed by atoms with Crippen molar-refractivity contribution in [3.63, 3.8) is 0 Å². The molecule has 2 rings (SSSR count). The molecule has 0 spiro atoms. The Bertz CT molecular complexity index is 860. The number of carbonyl (C=O) groups excluding carboxylic acids is 1. The fourth-order valence-electron chi connectivity index (χ4n) is 2.67. The maximum absolute atomic E-state index is 12.5. The predicted molar refractivity (Wildman–Crippen MR) is 107 cm³/mol. The van der Waals surface area contributed by atoms with Gasteiger partial charge in [-0.25, -0.2) is 13.1 Å². The Kier molecular flexibility index (Phi) is 6.98. The summed E-state index contributed by atoms with van der Waals surface area (Å²) in [6.07, 6.45) is 1.05. The summed E-state index contributed by atoms with van der Waals surface area (Å²) in [5.41, 5.74) is 2.55. The van der Waals surface area contributed by atoms with Crippen molar-refractivity contribution in [3.8, 4) is 5.75 Å². The van der Waals surface area contributed by atoms with E-state index in [4.69, 9.17) is 4.74 Å². The highest BCUT2D eigenvalue weighted by molar-refractivity contribution is 7.88. The first-order chi connectivity index (χ1) is 12.7. The van der Waals surface area contributed by atoms with Crippen LogP contribution >= 0.6 is 0 Å². The zero-order chi connectivity index (χ0) is 20.0. The summed E-state index contributed by atoms with van der Waals surface area (Å²) in [7, 11) is -1.93. The van der Waals surface area contributed by atoms with Crippen LogP contribution < -0.4 is 14.8 Å². The summed E-state index contributed by atoms with van der Waals surface area (Å²) in [4.78, 5) is 12.5. The lowest BCUT2D eigenvalue weighted by Crippen LogP contribution is -2.30. The van der Waals surface area contributed by atoms with Gasteiger partial charge in [0.05, 0.1) is 19.4 Å². The smallest absolute Gasteiger partial charge is 0.226 e. The lowest BCUT2D eigenvalue weighted by molar-refractivity contribution is -0.116. The quantitative estimate of drug-likeness (QED) is 0.723. The molecule has 0 bridgehead atoms. The fraction of sp³-hybridized carbons (Fsp3) is 0.350. The van der Waals surface area contributed by atoms with Crippen molar-refractivity contribution in [3.05, 3.63) is 59.7 Å². The first-order valence-corrected chi connectivity index (χ1v) is 10.6. The molecule has 1 unspecified atom stereocenters. The van der Waals surface area contributed by atoms with Crippen molar-refractivity contribution in [2.75, 3.05) is 18.7 Å². The minimum absolute atomic E-state index is 0.0225. The van der Waals surface area contributed by atoms with Crippen LogP contribution in [-0.2, 0) is 14.8 Å². The average molecular weight is 391 g/mol. The molecule has 6 nitrogen and oxygen atoms in total. The highest BCUT2D eigenvalue weighted by atomic mass is 32.2. The Morgan fingerprint density at radius 1 is 1.00 bits per heavy atom. The van der Waals surface area contributed by atoms with Gasteiger partial charge in [0.15, 0.2) is 0 Å². The van der Waals surface area contributed by atoms with Gasteiger partial charge in [0, 0.05) is 12.1 Å². The number of nitrogens with one attached hydrogen (secondary N) is 2. The second kappa shape index (κ2) is 9.01. The van der Waals surface area contributed by atoms with E-state index >= 15 is 0 Å². The third-order valence-electron chi connectivity index (χ3n) is 4.13. The van der Waals surface area contributed by atoms with Gasteiger partial charge in [-0.1, -0.05) is 38.1 Å². The van der Waals surface area contributed by atoms with E-state index in [2.05, 4.69) is 23.9 Å². The molecule has 0 aliphatic heterocycles. The number of amides is 1. The van der Waals surface area contributed by atoms with E-state index < -0.39 is 16.1 Å². The molecule has 27 heavy (non-hydrogen) atoms. The maximum Gasteiger partial charge on any atom is 0.226 e. The number of benzene rings is 2. The van der Waals surface area contributed by atoms with Crippen LogP contribution in [0.1, 0.15) is 43.4 Å². The molecule has 7 heteroatoms. The van der Waals surface area contributed by atoms with Crippen molar-refractivity contribution in [1.82, 2.24) is 4.72 Å². The van der Waals surface area contributed by atoms with Gasteiger partial charge >= 0.3 is 0 Å². The van der Waals surface area contributed by atoms with Crippen LogP contribution in [0.3, 0.4) is 0 Å². The molecule has 0 aliphatic carbocycles. The van der Waals surface area contributed by atoms with Gasteiger partial charge in [-0.2, -0.15) is 0 Å². The molecule has 0 aromatic heterocycles. The number of hydrogen-bond donors (Lipinski definition) is 2. The van der Waals surface area contributed by atoms with Gasteiger partial charge in [0.1, 0.15) is 5.75 Å². The van der Waals surface area contributed by atoms with Crippen LogP contribution in [0.15, 0.2) is 48.5 Å². The van der Waals surface area contributed by atoms with E-state index in [9.17, 15) is 13.2 Å². The molecule has 0 saturated heterocycles. The molecule has 2 N–H and O–H groups in total. The average Bonchev–Trinajstić information content (AvgIpc) is 2.60. The number of hydrogen-bond acceptors (Lipinski definition) is 4. The molecule has 146 valence electrons. The molecule has 0 radical (unpaired) electrons. The third-order valence-corrected chi connectivity index (χ3v) is 4.84. The summed E-state index contributed by atoms with van der Waals surface area (Å²) in [5, 5.41) is 2.82. The van der Waals surface area contributed by atoms with Crippen molar-refractivity contribution in [1.29, 1.82) is 0 Å². The summed E-state index contributed by atoms with van der Waals surface area (Å²) in [6.45, 7) is 4.20. The van der Waals surface area contributed by atoms with Crippen LogP contribution in [0.25, 0.3) is 0 Å². The molecular formula is C20H26N2O4S. The number of carbonyl (C=O) groups is 1. The number of methoxy groups -OCH3 is 1. The first-order valence-electron chi connectivity index (χ1n) is 8.69. The predicted octanol–water partition coefficient (Wildman–Crippen LogP) is 3.44. The summed E-state index contributed by atoms with van der Waals surface area (Å²) >= 11 is 0. The zero-order valence-corrected chi connectivity index (χ0v) is 16.8. The van der Waals surface area contributed by atoms with E-state index in [-0.39, 0.29) is 12.3 Å². The molecule has 0 fully saturated rings. The molecule has 0 aliphatic rings. The minimum atomic E-state index is -3.48. The monoisotopic (exact) mass is 390 g/mol. The van der Waals surface area contributed by atoms with E-state index in [0.29, 0.717) is 22.9 Å². The molecule has 2 aromatic rings. The minimum Gasteiger partial charge on any atom is -0.497 e. The van der Waals surface area contributed by atoms with Crippen LogP contribution in [-0.4, -0.2) is 27.7 Å². The number of anilines is 1. The molecule has 1 atom stereocenters. The van der Waals surface area contributed by atoms with Crippen LogP contribution in [0, 0.1) is 0 Å². The van der Waals surface area contributed by atoms with Gasteiger partial charge in [-0.15, -0.1) is 0 Å². The van der Waals surface area contributed by atoms with Crippen molar-refractivity contribution >= 4 is 21.6 Å². The molecule has 2 aromatic carbocycles. The van der Waals surface area contributed by atoms with E-state index in [0.717, 1.165) is 6.26 Å². The number of ether oxygens (including phenoxy) is 1. The number of sulfonamides is 1. The van der Waals surface area contributed by atoms with Crippen LogP contribution in [0.2, 0.25) is 0 Å². The SMILES string of the molecule is COc1ccc(C(CC(=O)Nc2ccc(C(C)C)cc2)NS(C)(=O)=O)cc1. The zero-order valence-electron chi connectivity index (χ0n) is 16.0. The van der Waals surface area contributed by atoms with E-state index in [1.165, 1.54) is 5.56 Å². The second-order valence-corrected chi connectivity index (χ2v) is 8.52. The van der Waals surface area contributed by atoms with Gasteiger partial charge in [-0.3, -0.25) is 4.79 Å². The van der Waals surface area contributed by atoms with Gasteiger partial charge in [-0.05, 0) is 41.3 Å². The highest BCUT2D eigenvalue weighted by Gasteiger charge is 2.20. The third kappa shape index (κ3) is 6.69. The lowest BCUT2D eigenvalue weighted by Gasteiger charge is -2.18. The standard InChI is InChI=1S/C20H26N2O4S/c1-14(2)15-5-9-17(10-6-15)21-20(23)13-19(22-27(4,24)25)16-7-11-18(26-3)12-8-16/h5-12,14,19,22H,13H2,1-4H3,(H,21,23).